The number of ether oxygens (including phenoxy) is 1. The molecule has 32 heavy (non-hydrogen) atoms. The SMILES string of the molecule is C=C/C=C/C=N/OC(=C)C/C(C)=C/C/C=C(\C=C)OCCCC.CC/C=C\C(C)C(=O)O. The van der Waals surface area contributed by atoms with Crippen LogP contribution in [-0.4, -0.2) is 23.9 Å². The van der Waals surface area contributed by atoms with Crippen LogP contribution in [0.1, 0.15) is 59.8 Å². The number of carbonyl (C=O) groups is 1. The number of nitrogens with zero attached hydrogens (tertiary/aromatic N) is 1. The van der Waals surface area contributed by atoms with Gasteiger partial charge in [-0.15, -0.1) is 0 Å². The number of allylic oxidation sites excluding steroid dienone is 8. The van der Waals surface area contributed by atoms with Gasteiger partial charge in [-0.1, -0.05) is 81.1 Å². The van der Waals surface area contributed by atoms with Gasteiger partial charge in [0, 0.05) is 6.42 Å². The summed E-state index contributed by atoms with van der Waals surface area (Å²) in [5.41, 5.74) is 1.17. The molecule has 1 N–H and O–H groups in total. The summed E-state index contributed by atoms with van der Waals surface area (Å²) in [5, 5.41) is 12.2. The van der Waals surface area contributed by atoms with E-state index in [2.05, 4.69) is 37.9 Å². The summed E-state index contributed by atoms with van der Waals surface area (Å²) in [5.74, 6) is 0.329. The largest absolute Gasteiger partial charge is 0.494 e. The molecule has 0 aliphatic rings. The molecule has 0 bridgehead atoms. The number of oxime groups is 1. The maximum Gasteiger partial charge on any atom is 0.310 e. The van der Waals surface area contributed by atoms with Gasteiger partial charge in [-0.3, -0.25) is 4.79 Å². The Labute approximate surface area is 194 Å². The topological polar surface area (TPSA) is 68.1 Å². The molecular weight excluding hydrogens is 402 g/mol. The normalized spacial score (nSPS) is 13.0. The molecule has 5 nitrogen and oxygen atoms in total. The van der Waals surface area contributed by atoms with E-state index in [1.807, 2.05) is 26.0 Å². The third-order valence-electron chi connectivity index (χ3n) is 3.86. The molecule has 1 unspecified atom stereocenters. The lowest BCUT2D eigenvalue weighted by atomic mass is 10.1. The number of carboxylic acids is 1. The minimum atomic E-state index is -0.764. The number of rotatable bonds is 16. The summed E-state index contributed by atoms with van der Waals surface area (Å²) >= 11 is 0. The first-order valence-electron chi connectivity index (χ1n) is 11.0. The molecule has 0 aromatic heterocycles. The molecule has 178 valence electrons. The highest BCUT2D eigenvalue weighted by Gasteiger charge is 2.03. The van der Waals surface area contributed by atoms with E-state index in [4.69, 9.17) is 14.7 Å². The molecule has 0 heterocycles. The summed E-state index contributed by atoms with van der Waals surface area (Å²) in [4.78, 5) is 15.3. The zero-order valence-electron chi connectivity index (χ0n) is 20.3. The van der Waals surface area contributed by atoms with Crippen LogP contribution in [0.2, 0.25) is 0 Å². The fraction of sp³-hybridized carbons (Fsp3) is 0.407. The molecule has 0 aromatic rings. The Morgan fingerprint density at radius 3 is 2.47 bits per heavy atom. The van der Waals surface area contributed by atoms with Gasteiger partial charge in [0.05, 0.1) is 18.7 Å². The van der Waals surface area contributed by atoms with Gasteiger partial charge in [0.1, 0.15) is 11.5 Å². The molecule has 0 saturated heterocycles. The van der Waals surface area contributed by atoms with Gasteiger partial charge in [0.25, 0.3) is 0 Å². The molecule has 0 spiro atoms. The summed E-state index contributed by atoms with van der Waals surface area (Å²) < 4.78 is 5.62. The number of carboxylic acid groups (broad SMARTS) is 1. The number of hydrogen-bond acceptors (Lipinski definition) is 4. The number of aliphatic carboxylic acids is 1. The second kappa shape index (κ2) is 22.6. The van der Waals surface area contributed by atoms with Crippen molar-refractivity contribution < 1.29 is 19.5 Å². The van der Waals surface area contributed by atoms with Gasteiger partial charge in [-0.25, -0.2) is 0 Å². The molecule has 5 heteroatoms. The Kier molecular flexibility index (Phi) is 22.0. The van der Waals surface area contributed by atoms with E-state index in [1.54, 1.807) is 43.5 Å². The summed E-state index contributed by atoms with van der Waals surface area (Å²) in [6.07, 6.45) is 20.7. The Hall–Kier alpha value is -3.08. The maximum absolute atomic E-state index is 10.2. The monoisotopic (exact) mass is 443 g/mol. The van der Waals surface area contributed by atoms with Crippen molar-refractivity contribution in [1.29, 1.82) is 0 Å². The Balaban J connectivity index is 0. The lowest BCUT2D eigenvalue weighted by molar-refractivity contribution is -0.139. The van der Waals surface area contributed by atoms with Crippen molar-refractivity contribution >= 4 is 12.2 Å². The van der Waals surface area contributed by atoms with Crippen LogP contribution >= 0.6 is 0 Å². The average Bonchev–Trinajstić information content (AvgIpc) is 2.76. The van der Waals surface area contributed by atoms with Crippen molar-refractivity contribution in [2.75, 3.05) is 6.61 Å². The van der Waals surface area contributed by atoms with Crippen molar-refractivity contribution in [1.82, 2.24) is 0 Å². The third-order valence-corrected chi connectivity index (χ3v) is 3.86. The van der Waals surface area contributed by atoms with E-state index < -0.39 is 5.97 Å². The van der Waals surface area contributed by atoms with E-state index in [9.17, 15) is 4.79 Å². The molecule has 0 amide bonds. The lowest BCUT2D eigenvalue weighted by Gasteiger charge is -2.05. The van der Waals surface area contributed by atoms with Gasteiger partial charge in [0.2, 0.25) is 0 Å². The zero-order valence-corrected chi connectivity index (χ0v) is 20.3. The quantitative estimate of drug-likeness (QED) is 0.0668. The van der Waals surface area contributed by atoms with Gasteiger partial charge >= 0.3 is 5.97 Å². The Bertz CT molecular complexity index is 696. The number of unbranched alkanes of at least 4 members (excludes halogenated alkanes) is 1. The summed E-state index contributed by atoms with van der Waals surface area (Å²) in [6.45, 7) is 19.7. The van der Waals surface area contributed by atoms with Crippen LogP contribution in [0.25, 0.3) is 0 Å². The first-order valence-corrected chi connectivity index (χ1v) is 11.0. The smallest absolute Gasteiger partial charge is 0.310 e. The van der Waals surface area contributed by atoms with Crippen molar-refractivity contribution in [3.63, 3.8) is 0 Å². The van der Waals surface area contributed by atoms with Crippen molar-refractivity contribution in [3.05, 3.63) is 85.4 Å². The van der Waals surface area contributed by atoms with Gasteiger partial charge in [-0.2, -0.15) is 0 Å². The average molecular weight is 444 g/mol. The van der Waals surface area contributed by atoms with Crippen molar-refractivity contribution in [2.45, 2.75) is 59.8 Å². The number of hydrogen-bond donors (Lipinski definition) is 1. The van der Waals surface area contributed by atoms with E-state index in [1.165, 1.54) is 5.57 Å². The highest BCUT2D eigenvalue weighted by Crippen LogP contribution is 2.12. The molecule has 0 aliphatic carbocycles. The van der Waals surface area contributed by atoms with Gasteiger partial charge < -0.3 is 14.7 Å². The molecular formula is C27H41NO4. The van der Waals surface area contributed by atoms with E-state index in [0.29, 0.717) is 12.2 Å². The molecule has 0 fully saturated rings. The standard InChI is InChI=1S/C20H29NO2.C7H12O2/c1-6-9-11-15-21-23-19(5)17-18(4)13-12-14-20(8-3)22-16-10-7-2;1-3-4-5-6(2)7(8)9/h6,8-9,11,13-15H,1,3,5,7,10,12,16-17H2,2,4H3;4-6H,3H2,1-2H3,(H,8,9)/b11-9+,18-13+,20-14+,21-15+;5-4-. The molecule has 1 atom stereocenters. The minimum Gasteiger partial charge on any atom is -0.494 e. The second-order valence-electron chi connectivity index (χ2n) is 6.94. The van der Waals surface area contributed by atoms with E-state index in [-0.39, 0.29) is 5.92 Å². The van der Waals surface area contributed by atoms with Gasteiger partial charge in [-0.05, 0) is 51.3 Å². The van der Waals surface area contributed by atoms with Gasteiger partial charge in [0.15, 0.2) is 0 Å². The predicted octanol–water partition coefficient (Wildman–Crippen LogP) is 7.53. The Morgan fingerprint density at radius 1 is 1.19 bits per heavy atom. The van der Waals surface area contributed by atoms with E-state index in [0.717, 1.165) is 38.0 Å². The predicted molar refractivity (Wildman–Crippen MR) is 136 cm³/mol. The van der Waals surface area contributed by atoms with Crippen molar-refractivity contribution in [2.24, 2.45) is 11.1 Å². The second-order valence-corrected chi connectivity index (χ2v) is 6.94. The molecule has 0 aliphatic heterocycles. The summed E-state index contributed by atoms with van der Waals surface area (Å²) in [6, 6.07) is 0. The van der Waals surface area contributed by atoms with Crippen LogP contribution < -0.4 is 0 Å². The third kappa shape index (κ3) is 21.6. The molecule has 0 radical (unpaired) electrons. The zero-order chi connectivity index (χ0) is 24.6. The van der Waals surface area contributed by atoms with Crippen LogP contribution in [0.4, 0.5) is 0 Å². The minimum absolute atomic E-state index is 0.343. The first-order chi connectivity index (χ1) is 15.3. The first kappa shape index (κ1) is 31.1. The van der Waals surface area contributed by atoms with Crippen LogP contribution in [-0.2, 0) is 14.4 Å². The maximum atomic E-state index is 10.2. The lowest BCUT2D eigenvalue weighted by Crippen LogP contribution is -2.05. The fourth-order valence-electron chi connectivity index (χ4n) is 2.02. The molecule has 0 saturated carbocycles. The Morgan fingerprint density at radius 2 is 1.91 bits per heavy atom. The van der Waals surface area contributed by atoms with Crippen LogP contribution in [0, 0.1) is 5.92 Å². The highest BCUT2D eigenvalue weighted by atomic mass is 16.6. The van der Waals surface area contributed by atoms with Crippen LogP contribution in [0.15, 0.2) is 90.6 Å². The molecule has 0 rings (SSSR count). The van der Waals surface area contributed by atoms with E-state index >= 15 is 0 Å². The molecule has 0 aromatic carbocycles. The summed E-state index contributed by atoms with van der Waals surface area (Å²) in [7, 11) is 0. The fourth-order valence-corrected chi connectivity index (χ4v) is 2.02. The van der Waals surface area contributed by atoms with Crippen LogP contribution in [0.5, 0.6) is 0 Å². The van der Waals surface area contributed by atoms with Crippen molar-refractivity contribution in [3.8, 4) is 0 Å². The van der Waals surface area contributed by atoms with Crippen LogP contribution in [0.3, 0.4) is 0 Å². The highest BCUT2D eigenvalue weighted by molar-refractivity contribution is 5.71.